The molecule has 18 heavy (non-hydrogen) atoms. The number of aliphatic hydroxyl groups is 1. The van der Waals surface area contributed by atoms with Gasteiger partial charge in [-0.15, -0.1) is 0 Å². The molecule has 5 nitrogen and oxygen atoms in total. The summed E-state index contributed by atoms with van der Waals surface area (Å²) >= 11 is 0. The molecule has 1 amide bonds. The van der Waals surface area contributed by atoms with Crippen molar-refractivity contribution in [2.45, 2.75) is 18.5 Å². The number of hydrogen-bond donors (Lipinski definition) is 3. The van der Waals surface area contributed by atoms with E-state index < -0.39 is 6.04 Å². The van der Waals surface area contributed by atoms with Crippen molar-refractivity contribution in [1.29, 1.82) is 0 Å². The van der Waals surface area contributed by atoms with E-state index in [2.05, 4.69) is 5.32 Å². The second-order valence-corrected chi connectivity index (χ2v) is 4.06. The van der Waals surface area contributed by atoms with Gasteiger partial charge < -0.3 is 20.9 Å². The van der Waals surface area contributed by atoms with E-state index in [1.165, 1.54) is 0 Å². The van der Waals surface area contributed by atoms with Crippen LogP contribution in [0.15, 0.2) is 30.3 Å². The van der Waals surface area contributed by atoms with Gasteiger partial charge in [0.05, 0.1) is 12.6 Å². The molecule has 0 bridgehead atoms. The molecule has 1 aromatic rings. The van der Waals surface area contributed by atoms with Crippen LogP contribution in [0.5, 0.6) is 0 Å². The summed E-state index contributed by atoms with van der Waals surface area (Å²) < 4.78 is 4.91. The fraction of sp³-hybridized carbons (Fsp3) is 0.462. The number of carbonyl (C=O) groups excluding carboxylic acids is 1. The molecule has 4 N–H and O–H groups in total. The molecule has 0 spiro atoms. The monoisotopic (exact) mass is 252 g/mol. The first kappa shape index (κ1) is 14.6. The molecule has 0 aliphatic heterocycles. The van der Waals surface area contributed by atoms with Crippen LogP contribution in [0.2, 0.25) is 0 Å². The Hall–Kier alpha value is -1.43. The standard InChI is InChI=1S/C13H20N2O3/c1-18-8-7-11(9-16)15-13(17)12(14)10-5-3-2-4-6-10/h2-6,11-12,16H,7-9,14H2,1H3,(H,15,17)/t11?,12-/m1/s1. The molecule has 100 valence electrons. The Morgan fingerprint density at radius 3 is 2.67 bits per heavy atom. The van der Waals surface area contributed by atoms with Crippen LogP contribution in [-0.2, 0) is 9.53 Å². The second-order valence-electron chi connectivity index (χ2n) is 4.06. The number of amides is 1. The third kappa shape index (κ3) is 4.44. The van der Waals surface area contributed by atoms with Gasteiger partial charge in [0, 0.05) is 13.7 Å². The summed E-state index contributed by atoms with van der Waals surface area (Å²) in [5, 5.41) is 11.8. The van der Waals surface area contributed by atoms with Gasteiger partial charge in [-0.2, -0.15) is 0 Å². The van der Waals surface area contributed by atoms with E-state index in [0.29, 0.717) is 13.0 Å². The van der Waals surface area contributed by atoms with Crippen molar-refractivity contribution >= 4 is 5.91 Å². The summed E-state index contributed by atoms with van der Waals surface area (Å²) in [6.45, 7) is 0.350. The van der Waals surface area contributed by atoms with E-state index >= 15 is 0 Å². The second kappa shape index (κ2) is 7.81. The zero-order valence-corrected chi connectivity index (χ0v) is 10.5. The Kier molecular flexibility index (Phi) is 6.35. The largest absolute Gasteiger partial charge is 0.394 e. The molecule has 0 aliphatic rings. The average Bonchev–Trinajstić information content (AvgIpc) is 2.43. The Morgan fingerprint density at radius 2 is 2.11 bits per heavy atom. The lowest BCUT2D eigenvalue weighted by Gasteiger charge is -2.19. The zero-order chi connectivity index (χ0) is 13.4. The molecule has 0 saturated heterocycles. The molecule has 0 aliphatic carbocycles. The summed E-state index contributed by atoms with van der Waals surface area (Å²) in [6.07, 6.45) is 0.556. The van der Waals surface area contributed by atoms with Gasteiger partial charge in [-0.1, -0.05) is 30.3 Å². The van der Waals surface area contributed by atoms with Crippen LogP contribution in [0.25, 0.3) is 0 Å². The molecule has 1 unspecified atom stereocenters. The Labute approximate surface area is 107 Å². The molecular weight excluding hydrogens is 232 g/mol. The van der Waals surface area contributed by atoms with E-state index in [0.717, 1.165) is 5.56 Å². The number of hydrogen-bond acceptors (Lipinski definition) is 4. The molecule has 0 heterocycles. The van der Waals surface area contributed by atoms with Crippen molar-refractivity contribution in [1.82, 2.24) is 5.32 Å². The lowest BCUT2D eigenvalue weighted by atomic mass is 10.1. The van der Waals surface area contributed by atoms with Gasteiger partial charge in [-0.05, 0) is 12.0 Å². The van der Waals surface area contributed by atoms with E-state index in [9.17, 15) is 4.79 Å². The average molecular weight is 252 g/mol. The molecule has 1 rings (SSSR count). The molecule has 1 aromatic carbocycles. The van der Waals surface area contributed by atoms with Gasteiger partial charge in [0.15, 0.2) is 0 Å². The van der Waals surface area contributed by atoms with Crippen LogP contribution in [0.4, 0.5) is 0 Å². The Balaban J connectivity index is 2.53. The first-order valence-electron chi connectivity index (χ1n) is 5.89. The summed E-state index contributed by atoms with van der Waals surface area (Å²) in [5.41, 5.74) is 6.59. The normalized spacial score (nSPS) is 13.9. The highest BCUT2D eigenvalue weighted by atomic mass is 16.5. The number of aliphatic hydroxyl groups excluding tert-OH is 1. The van der Waals surface area contributed by atoms with Crippen molar-refractivity contribution in [3.05, 3.63) is 35.9 Å². The van der Waals surface area contributed by atoms with Crippen LogP contribution >= 0.6 is 0 Å². The number of methoxy groups -OCH3 is 1. The van der Waals surface area contributed by atoms with Crippen LogP contribution < -0.4 is 11.1 Å². The number of benzene rings is 1. The SMILES string of the molecule is COCCC(CO)NC(=O)[C@H](N)c1ccccc1. The summed E-state index contributed by atoms with van der Waals surface area (Å²) in [7, 11) is 1.58. The third-order valence-corrected chi connectivity index (χ3v) is 2.68. The molecule has 0 fully saturated rings. The lowest BCUT2D eigenvalue weighted by Crippen LogP contribution is -2.43. The molecule has 0 radical (unpaired) electrons. The first-order valence-corrected chi connectivity index (χ1v) is 5.89. The van der Waals surface area contributed by atoms with Crippen LogP contribution in [-0.4, -0.2) is 37.4 Å². The molecular formula is C13H20N2O3. The maximum Gasteiger partial charge on any atom is 0.241 e. The van der Waals surface area contributed by atoms with Gasteiger partial charge in [0.25, 0.3) is 0 Å². The summed E-state index contributed by atoms with van der Waals surface area (Å²) in [6, 6.07) is 8.08. The van der Waals surface area contributed by atoms with Gasteiger partial charge in [0.1, 0.15) is 6.04 Å². The van der Waals surface area contributed by atoms with Gasteiger partial charge >= 0.3 is 0 Å². The third-order valence-electron chi connectivity index (χ3n) is 2.68. The van der Waals surface area contributed by atoms with E-state index in [1.807, 2.05) is 18.2 Å². The topological polar surface area (TPSA) is 84.6 Å². The van der Waals surface area contributed by atoms with Crippen molar-refractivity contribution < 1.29 is 14.6 Å². The van der Waals surface area contributed by atoms with Gasteiger partial charge in [0.2, 0.25) is 5.91 Å². The van der Waals surface area contributed by atoms with Crippen molar-refractivity contribution in [3.63, 3.8) is 0 Å². The molecule has 0 aromatic heterocycles. The Morgan fingerprint density at radius 1 is 1.44 bits per heavy atom. The number of ether oxygens (including phenoxy) is 1. The first-order chi connectivity index (χ1) is 8.69. The highest BCUT2D eigenvalue weighted by Gasteiger charge is 2.18. The van der Waals surface area contributed by atoms with E-state index in [4.69, 9.17) is 15.6 Å². The van der Waals surface area contributed by atoms with E-state index in [1.54, 1.807) is 19.2 Å². The molecule has 5 heteroatoms. The Bertz CT molecular complexity index is 357. The fourth-order valence-electron chi connectivity index (χ4n) is 1.57. The summed E-state index contributed by atoms with van der Waals surface area (Å²) in [5.74, 6) is -0.295. The minimum atomic E-state index is -0.720. The van der Waals surface area contributed by atoms with Crippen LogP contribution in [0.1, 0.15) is 18.0 Å². The lowest BCUT2D eigenvalue weighted by molar-refractivity contribution is -0.123. The maximum absolute atomic E-state index is 11.9. The summed E-state index contributed by atoms with van der Waals surface area (Å²) in [4.78, 5) is 11.9. The zero-order valence-electron chi connectivity index (χ0n) is 10.5. The number of rotatable bonds is 7. The minimum absolute atomic E-state index is 0.128. The smallest absolute Gasteiger partial charge is 0.241 e. The van der Waals surface area contributed by atoms with Crippen molar-refractivity contribution in [2.24, 2.45) is 5.73 Å². The van der Waals surface area contributed by atoms with Crippen molar-refractivity contribution in [3.8, 4) is 0 Å². The minimum Gasteiger partial charge on any atom is -0.394 e. The number of carbonyl (C=O) groups is 1. The molecule has 2 atom stereocenters. The van der Waals surface area contributed by atoms with E-state index in [-0.39, 0.29) is 18.6 Å². The highest BCUT2D eigenvalue weighted by Crippen LogP contribution is 2.09. The van der Waals surface area contributed by atoms with Gasteiger partial charge in [-0.25, -0.2) is 0 Å². The fourth-order valence-corrected chi connectivity index (χ4v) is 1.57. The quantitative estimate of drug-likeness (QED) is 0.647. The number of nitrogens with two attached hydrogens (primary N) is 1. The highest BCUT2D eigenvalue weighted by molar-refractivity contribution is 5.83. The predicted molar refractivity (Wildman–Crippen MR) is 68.9 cm³/mol. The molecule has 0 saturated carbocycles. The predicted octanol–water partition coefficient (Wildman–Crippen LogP) is 0.200. The maximum atomic E-state index is 11.9. The van der Waals surface area contributed by atoms with Crippen LogP contribution in [0.3, 0.4) is 0 Å². The van der Waals surface area contributed by atoms with Crippen LogP contribution in [0, 0.1) is 0 Å². The number of nitrogens with one attached hydrogen (secondary N) is 1. The van der Waals surface area contributed by atoms with Gasteiger partial charge in [-0.3, -0.25) is 4.79 Å². The van der Waals surface area contributed by atoms with Crippen molar-refractivity contribution in [2.75, 3.05) is 20.3 Å².